The van der Waals surface area contributed by atoms with Crippen LogP contribution < -0.4 is 45.1 Å². The first-order chi connectivity index (χ1) is 33.4. The molecule has 5 aromatic rings. The van der Waals surface area contributed by atoms with Gasteiger partial charge in [-0.15, -0.1) is 0 Å². The van der Waals surface area contributed by atoms with Crippen LogP contribution in [0.4, 0.5) is 28.4 Å². The van der Waals surface area contributed by atoms with Crippen LogP contribution in [0.25, 0.3) is 0 Å². The summed E-state index contributed by atoms with van der Waals surface area (Å²) in [6, 6.07) is 27.5. The van der Waals surface area contributed by atoms with E-state index in [1.165, 1.54) is 23.5 Å². The van der Waals surface area contributed by atoms with Gasteiger partial charge < -0.3 is 40.4 Å². The van der Waals surface area contributed by atoms with Gasteiger partial charge in [-0.3, -0.25) is 34.0 Å². The minimum Gasteiger partial charge on any atom is -0.493 e. The highest BCUT2D eigenvalue weighted by Crippen LogP contribution is 2.58. The third kappa shape index (κ3) is 8.39. The maximum atomic E-state index is 14.3. The molecule has 69 heavy (non-hydrogen) atoms. The predicted octanol–water partition coefficient (Wildman–Crippen LogP) is 8.33. The van der Waals surface area contributed by atoms with Crippen molar-refractivity contribution in [1.29, 1.82) is 0 Å². The predicted molar refractivity (Wildman–Crippen MR) is 267 cm³/mol. The first-order valence-corrected chi connectivity index (χ1v) is 25.3. The average molecular weight is 967 g/mol. The Hall–Kier alpha value is -6.69. The zero-order valence-electron chi connectivity index (χ0n) is 38.0. The smallest absolute Gasteiger partial charge is 0.321 e. The van der Waals surface area contributed by atoms with Crippen LogP contribution in [0.3, 0.4) is 0 Å². The highest BCUT2D eigenvalue weighted by atomic mass is 33.1. The number of carboxylic acid groups (broad SMARTS) is 1. The number of fused-ring (bicyclic) bond motifs is 7. The van der Waals surface area contributed by atoms with Crippen molar-refractivity contribution in [3.05, 3.63) is 124 Å². The standard InChI is InChI=1S/C52H50N6O9S2/c1-64-42-19-35-38(54-25-34-18-31-7-3-5-9-40(31)57(34)48(35)60)21-44(42)66-26-29-15-30(17-33(16-29)55-47(59)11-12-51(13-14-51)69-68-28-37(53)50(62)63)27-67-45-22-39-36(20-43(45)65-2)49(61)58-41-10-6-4-8-32(41)23-52(58)24-46(52)56-39/h3-10,15-17,19-22,25,34,37,46,56H,11-14,18,23-24,26-28,53H2,1-2H3,(H,55,59)(H,62,63)/t34-,37?,46+,52?/m0/s1. The van der Waals surface area contributed by atoms with E-state index in [1.54, 1.807) is 41.0 Å². The quantitative estimate of drug-likeness (QED) is 0.0651. The van der Waals surface area contributed by atoms with Crippen LogP contribution in [0.2, 0.25) is 0 Å². The van der Waals surface area contributed by atoms with E-state index in [1.807, 2.05) is 77.8 Å². The van der Waals surface area contributed by atoms with Crippen molar-refractivity contribution < 1.29 is 43.2 Å². The summed E-state index contributed by atoms with van der Waals surface area (Å²) in [5.41, 5.74) is 13.6. The molecular formula is C52H50N6O9S2. The van der Waals surface area contributed by atoms with Crippen molar-refractivity contribution in [3.8, 4) is 23.0 Å². The second kappa shape index (κ2) is 17.7. The molecule has 4 atom stereocenters. The number of nitrogens with two attached hydrogens (primary N) is 1. The largest absolute Gasteiger partial charge is 0.493 e. The third-order valence-electron chi connectivity index (χ3n) is 14.0. The van der Waals surface area contributed by atoms with Gasteiger partial charge in [-0.1, -0.05) is 58.0 Å². The molecule has 4 heterocycles. The number of amides is 3. The van der Waals surface area contributed by atoms with E-state index < -0.39 is 12.0 Å². The lowest BCUT2D eigenvalue weighted by Gasteiger charge is -2.25. The van der Waals surface area contributed by atoms with E-state index in [-0.39, 0.29) is 65.5 Å². The van der Waals surface area contributed by atoms with E-state index in [0.717, 1.165) is 53.7 Å². The Kier molecular flexibility index (Phi) is 11.5. The van der Waals surface area contributed by atoms with Crippen molar-refractivity contribution >= 4 is 79.9 Å². The molecule has 5 aromatic carbocycles. The second-order valence-electron chi connectivity index (χ2n) is 18.5. The van der Waals surface area contributed by atoms with Gasteiger partial charge in [-0.25, -0.2) is 0 Å². The minimum atomic E-state index is -1.03. The lowest BCUT2D eigenvalue weighted by atomic mass is 10.1. The molecule has 2 fully saturated rings. The summed E-state index contributed by atoms with van der Waals surface area (Å²) in [4.78, 5) is 61.7. The Morgan fingerprint density at radius 1 is 0.870 bits per heavy atom. The molecule has 0 saturated heterocycles. The summed E-state index contributed by atoms with van der Waals surface area (Å²) in [6.07, 6.45) is 6.91. The Balaban J connectivity index is 0.837. The number of para-hydroxylation sites is 2. The van der Waals surface area contributed by atoms with Crippen LogP contribution in [0.5, 0.6) is 23.0 Å². The zero-order chi connectivity index (χ0) is 47.6. The molecule has 354 valence electrons. The Morgan fingerprint density at radius 2 is 1.55 bits per heavy atom. The average Bonchev–Trinajstić information content (AvgIpc) is 4.21. The van der Waals surface area contributed by atoms with Gasteiger partial charge in [-0.05, 0) is 90.4 Å². The fourth-order valence-corrected chi connectivity index (χ4v) is 13.3. The van der Waals surface area contributed by atoms with Crippen LogP contribution in [0.15, 0.2) is 96.0 Å². The Morgan fingerprint density at radius 3 is 2.26 bits per heavy atom. The van der Waals surface area contributed by atoms with Crippen molar-refractivity contribution in [2.24, 2.45) is 10.7 Å². The molecule has 11 rings (SSSR count). The number of hydrogen-bond acceptors (Lipinski definition) is 13. The molecule has 0 bridgehead atoms. The van der Waals surface area contributed by atoms with Gasteiger partial charge in [-0.2, -0.15) is 0 Å². The van der Waals surface area contributed by atoms with Crippen molar-refractivity contribution in [1.82, 2.24) is 0 Å². The molecular weight excluding hydrogens is 917 g/mol. The lowest BCUT2D eigenvalue weighted by molar-refractivity contribution is -0.137. The maximum absolute atomic E-state index is 14.3. The number of nitrogens with one attached hydrogen (secondary N) is 2. The number of aliphatic imine (C=N–C) groups is 1. The fraction of sp³-hybridized carbons (Fsp3) is 0.327. The first-order valence-electron chi connectivity index (χ1n) is 23.0. The minimum absolute atomic E-state index is 0.0675. The topological polar surface area (TPSA) is 194 Å². The second-order valence-corrected chi connectivity index (χ2v) is 21.3. The maximum Gasteiger partial charge on any atom is 0.321 e. The number of anilines is 4. The summed E-state index contributed by atoms with van der Waals surface area (Å²) in [5.74, 6) is 0.454. The van der Waals surface area contributed by atoms with Crippen LogP contribution in [-0.2, 0) is 35.6 Å². The van der Waals surface area contributed by atoms with Crippen molar-refractivity contribution in [3.63, 3.8) is 0 Å². The van der Waals surface area contributed by atoms with Crippen LogP contribution in [-0.4, -0.2) is 83.4 Å². The molecule has 4 aliphatic heterocycles. The van der Waals surface area contributed by atoms with Gasteiger partial charge in [0, 0.05) is 65.2 Å². The number of ether oxygens (including phenoxy) is 4. The molecule has 2 unspecified atom stereocenters. The summed E-state index contributed by atoms with van der Waals surface area (Å²) in [5, 5.41) is 15.9. The number of methoxy groups -OCH3 is 2. The van der Waals surface area contributed by atoms with Crippen LogP contribution in [0, 0.1) is 0 Å². The molecule has 0 aromatic heterocycles. The van der Waals surface area contributed by atoms with Gasteiger partial charge in [0.2, 0.25) is 5.91 Å². The number of carbonyl (C=O) groups excluding carboxylic acids is 3. The fourth-order valence-electron chi connectivity index (χ4n) is 10.1. The van der Waals surface area contributed by atoms with Crippen molar-refractivity contribution in [2.45, 2.75) is 86.6 Å². The van der Waals surface area contributed by atoms with E-state index in [0.29, 0.717) is 64.0 Å². The van der Waals surface area contributed by atoms with Gasteiger partial charge in [0.05, 0.1) is 54.3 Å². The molecule has 6 aliphatic rings. The van der Waals surface area contributed by atoms with Gasteiger partial charge in [0.15, 0.2) is 23.0 Å². The molecule has 1 spiro atoms. The molecule has 0 radical (unpaired) electrons. The Bertz CT molecular complexity index is 2980. The zero-order valence-corrected chi connectivity index (χ0v) is 39.6. The summed E-state index contributed by atoms with van der Waals surface area (Å²) < 4.78 is 24.5. The van der Waals surface area contributed by atoms with E-state index in [9.17, 15) is 24.3 Å². The van der Waals surface area contributed by atoms with Crippen molar-refractivity contribution in [2.75, 3.05) is 40.4 Å². The monoisotopic (exact) mass is 966 g/mol. The molecule has 5 N–H and O–H groups in total. The number of benzene rings is 5. The van der Waals surface area contributed by atoms with Gasteiger partial charge >= 0.3 is 5.97 Å². The molecule has 2 aliphatic carbocycles. The molecule has 3 amide bonds. The van der Waals surface area contributed by atoms with E-state index >= 15 is 0 Å². The highest BCUT2D eigenvalue weighted by molar-refractivity contribution is 8.77. The highest BCUT2D eigenvalue weighted by Gasteiger charge is 2.65. The number of carboxylic acids is 1. The number of carbonyl (C=O) groups is 4. The summed E-state index contributed by atoms with van der Waals surface area (Å²) in [6.45, 7) is 0.153. The number of hydrogen-bond donors (Lipinski definition) is 4. The van der Waals surface area contributed by atoms with Crippen LogP contribution >= 0.6 is 21.6 Å². The number of aliphatic carboxylic acids is 1. The van der Waals surface area contributed by atoms with Gasteiger partial charge in [0.1, 0.15) is 19.3 Å². The van der Waals surface area contributed by atoms with E-state index in [4.69, 9.17) is 29.7 Å². The van der Waals surface area contributed by atoms with E-state index in [2.05, 4.69) is 16.7 Å². The summed E-state index contributed by atoms with van der Waals surface area (Å²) >= 11 is 0. The number of rotatable bonds is 17. The molecule has 17 heteroatoms. The lowest BCUT2D eigenvalue weighted by Crippen LogP contribution is -2.41. The third-order valence-corrected chi connectivity index (χ3v) is 17.4. The Labute approximate surface area is 406 Å². The van der Waals surface area contributed by atoms with Crippen LogP contribution in [0.1, 0.15) is 75.1 Å². The summed E-state index contributed by atoms with van der Waals surface area (Å²) in [7, 11) is 6.13. The first kappa shape index (κ1) is 44.8. The molecule has 15 nitrogen and oxygen atoms in total. The van der Waals surface area contributed by atoms with Gasteiger partial charge in [0.25, 0.3) is 11.8 Å². The normalized spacial score (nSPS) is 20.9. The number of nitrogens with zero attached hydrogens (tertiary/aromatic N) is 3. The SMILES string of the molecule is COc1cc2c(cc1OCc1cc(COc3cc4c(cc3OC)C(=O)N3c5ccccc5CC35C[C@H]5N4)cc(NC(=O)CCC3(SSCC(N)C(=O)O)CC3)c1)N=C[C@@H]1Cc3ccccc3N1C2=O. The molecule has 2 saturated carbocycles.